The van der Waals surface area contributed by atoms with E-state index < -0.39 is 6.10 Å². The van der Waals surface area contributed by atoms with Crippen LogP contribution in [0.15, 0.2) is 53.0 Å². The fourth-order valence-electron chi connectivity index (χ4n) is 2.10. The van der Waals surface area contributed by atoms with Gasteiger partial charge in [-0.25, -0.2) is 4.39 Å². The number of hydrogen-bond donors (Lipinski definition) is 1. The van der Waals surface area contributed by atoms with E-state index in [-0.39, 0.29) is 5.82 Å². The Kier molecular flexibility index (Phi) is 5.11. The fraction of sp³-hybridized carbons (Fsp3) is 0.250. The lowest BCUT2D eigenvalue weighted by Crippen LogP contribution is -1.98. The summed E-state index contributed by atoms with van der Waals surface area (Å²) in [6.07, 6.45) is 1.82. The summed E-state index contributed by atoms with van der Waals surface area (Å²) < 4.78 is 14.0. The number of benzene rings is 2. The SMILES string of the molecule is OC(CCCc1cc(F)cc(Br)c1)c1ccccc1. The van der Waals surface area contributed by atoms with Crippen molar-refractivity contribution in [3.05, 3.63) is 69.9 Å². The van der Waals surface area contributed by atoms with Gasteiger partial charge in [-0.1, -0.05) is 46.3 Å². The number of hydrogen-bond acceptors (Lipinski definition) is 1. The van der Waals surface area contributed by atoms with Crippen molar-refractivity contribution in [2.75, 3.05) is 0 Å². The average Bonchev–Trinajstić information content (AvgIpc) is 2.38. The van der Waals surface area contributed by atoms with Gasteiger partial charge in [-0.2, -0.15) is 0 Å². The first-order valence-electron chi connectivity index (χ1n) is 6.33. The van der Waals surface area contributed by atoms with Crippen LogP contribution in [0, 0.1) is 5.82 Å². The van der Waals surface area contributed by atoms with Gasteiger partial charge in [0.1, 0.15) is 5.82 Å². The molecule has 100 valence electrons. The van der Waals surface area contributed by atoms with Gasteiger partial charge < -0.3 is 5.11 Å². The summed E-state index contributed by atoms with van der Waals surface area (Å²) in [5, 5.41) is 10.0. The Balaban J connectivity index is 1.86. The Morgan fingerprint density at radius 1 is 1.11 bits per heavy atom. The molecule has 1 nitrogen and oxygen atoms in total. The van der Waals surface area contributed by atoms with Crippen LogP contribution in [-0.2, 0) is 6.42 Å². The van der Waals surface area contributed by atoms with Gasteiger partial charge >= 0.3 is 0 Å². The summed E-state index contributed by atoms with van der Waals surface area (Å²) in [6.45, 7) is 0. The minimum Gasteiger partial charge on any atom is -0.388 e. The summed E-state index contributed by atoms with van der Waals surface area (Å²) in [5.74, 6) is -0.229. The van der Waals surface area contributed by atoms with Gasteiger partial charge in [-0.3, -0.25) is 0 Å². The van der Waals surface area contributed by atoms with Crippen LogP contribution in [0.25, 0.3) is 0 Å². The first-order valence-corrected chi connectivity index (χ1v) is 7.12. The molecular weight excluding hydrogens is 307 g/mol. The van der Waals surface area contributed by atoms with Crippen LogP contribution >= 0.6 is 15.9 Å². The third-order valence-corrected chi connectivity index (χ3v) is 3.51. The van der Waals surface area contributed by atoms with Gasteiger partial charge in [0, 0.05) is 4.47 Å². The van der Waals surface area contributed by atoms with Crippen LogP contribution in [0.3, 0.4) is 0 Å². The van der Waals surface area contributed by atoms with Crippen LogP contribution in [0.5, 0.6) is 0 Å². The van der Waals surface area contributed by atoms with Gasteiger partial charge in [0.05, 0.1) is 6.10 Å². The van der Waals surface area contributed by atoms with E-state index in [0.29, 0.717) is 6.42 Å². The Labute approximate surface area is 121 Å². The van der Waals surface area contributed by atoms with Gasteiger partial charge in [-0.15, -0.1) is 0 Å². The number of aliphatic hydroxyl groups is 1. The quantitative estimate of drug-likeness (QED) is 0.849. The molecule has 0 aliphatic heterocycles. The van der Waals surface area contributed by atoms with Crippen molar-refractivity contribution in [1.82, 2.24) is 0 Å². The highest BCUT2D eigenvalue weighted by Crippen LogP contribution is 2.21. The monoisotopic (exact) mass is 322 g/mol. The minimum absolute atomic E-state index is 0.229. The molecule has 0 heterocycles. The Morgan fingerprint density at radius 2 is 1.84 bits per heavy atom. The minimum atomic E-state index is -0.446. The van der Waals surface area contributed by atoms with Gasteiger partial charge in [0.15, 0.2) is 0 Å². The van der Waals surface area contributed by atoms with E-state index in [9.17, 15) is 9.50 Å². The van der Waals surface area contributed by atoms with E-state index in [1.807, 2.05) is 36.4 Å². The van der Waals surface area contributed by atoms with E-state index in [1.165, 1.54) is 6.07 Å². The zero-order valence-corrected chi connectivity index (χ0v) is 12.1. The summed E-state index contributed by atoms with van der Waals surface area (Å²) in [7, 11) is 0. The van der Waals surface area contributed by atoms with Crippen LogP contribution in [0.1, 0.15) is 30.1 Å². The van der Waals surface area contributed by atoms with Crippen molar-refractivity contribution in [2.24, 2.45) is 0 Å². The smallest absolute Gasteiger partial charge is 0.124 e. The zero-order valence-electron chi connectivity index (χ0n) is 10.5. The molecule has 0 spiro atoms. The molecule has 2 aromatic carbocycles. The van der Waals surface area contributed by atoms with Gasteiger partial charge in [-0.05, 0) is 48.6 Å². The maximum atomic E-state index is 13.2. The maximum Gasteiger partial charge on any atom is 0.124 e. The summed E-state index contributed by atoms with van der Waals surface area (Å²) >= 11 is 3.28. The van der Waals surface area contributed by atoms with Gasteiger partial charge in [0.25, 0.3) is 0 Å². The highest BCUT2D eigenvalue weighted by Gasteiger charge is 2.07. The molecule has 0 saturated heterocycles. The molecule has 19 heavy (non-hydrogen) atoms. The molecule has 0 aromatic heterocycles. The molecule has 0 radical (unpaired) electrons. The average molecular weight is 323 g/mol. The largest absolute Gasteiger partial charge is 0.388 e. The molecule has 0 amide bonds. The van der Waals surface area contributed by atoms with Crippen molar-refractivity contribution in [1.29, 1.82) is 0 Å². The molecule has 1 unspecified atom stereocenters. The van der Waals surface area contributed by atoms with Crippen LogP contribution in [0.2, 0.25) is 0 Å². The predicted octanol–water partition coefficient (Wildman–Crippen LogP) is 4.64. The molecule has 3 heteroatoms. The van der Waals surface area contributed by atoms with Crippen LogP contribution in [-0.4, -0.2) is 5.11 Å². The molecule has 2 aromatic rings. The topological polar surface area (TPSA) is 20.2 Å². The van der Waals surface area contributed by atoms with Crippen LogP contribution < -0.4 is 0 Å². The third kappa shape index (κ3) is 4.44. The number of halogens is 2. The lowest BCUT2D eigenvalue weighted by Gasteiger charge is -2.10. The highest BCUT2D eigenvalue weighted by atomic mass is 79.9. The van der Waals surface area contributed by atoms with E-state index >= 15 is 0 Å². The van der Waals surface area contributed by atoms with Crippen molar-refractivity contribution in [3.8, 4) is 0 Å². The number of rotatable bonds is 5. The highest BCUT2D eigenvalue weighted by molar-refractivity contribution is 9.10. The Hall–Kier alpha value is -1.19. The third-order valence-electron chi connectivity index (χ3n) is 3.05. The fourth-order valence-corrected chi connectivity index (χ4v) is 2.61. The predicted molar refractivity (Wildman–Crippen MR) is 78.4 cm³/mol. The zero-order chi connectivity index (χ0) is 13.7. The van der Waals surface area contributed by atoms with Gasteiger partial charge in [0.2, 0.25) is 0 Å². The van der Waals surface area contributed by atoms with E-state index in [4.69, 9.17) is 0 Å². The van der Waals surface area contributed by atoms with E-state index in [2.05, 4.69) is 15.9 Å². The van der Waals surface area contributed by atoms with Crippen molar-refractivity contribution in [2.45, 2.75) is 25.4 Å². The molecule has 0 bridgehead atoms. The molecule has 0 saturated carbocycles. The molecule has 0 aliphatic carbocycles. The molecule has 2 rings (SSSR count). The van der Waals surface area contributed by atoms with Crippen molar-refractivity contribution >= 4 is 15.9 Å². The molecule has 0 fully saturated rings. The molecule has 1 atom stereocenters. The van der Waals surface area contributed by atoms with Crippen molar-refractivity contribution in [3.63, 3.8) is 0 Å². The van der Waals surface area contributed by atoms with Crippen LogP contribution in [0.4, 0.5) is 4.39 Å². The lowest BCUT2D eigenvalue weighted by molar-refractivity contribution is 0.164. The lowest BCUT2D eigenvalue weighted by atomic mass is 10.0. The molecular formula is C16H16BrFO. The number of aryl methyl sites for hydroxylation is 1. The molecule has 0 aliphatic rings. The summed E-state index contributed by atoms with van der Waals surface area (Å²) in [6, 6.07) is 14.5. The standard InChI is InChI=1S/C16H16BrFO/c17-14-9-12(10-15(18)11-14)5-4-8-16(19)13-6-2-1-3-7-13/h1-3,6-7,9-11,16,19H,4-5,8H2. The van der Waals surface area contributed by atoms with E-state index in [0.717, 1.165) is 28.4 Å². The Morgan fingerprint density at radius 3 is 2.53 bits per heavy atom. The summed E-state index contributed by atoms with van der Waals surface area (Å²) in [4.78, 5) is 0. The first kappa shape index (κ1) is 14.2. The number of aliphatic hydroxyl groups excluding tert-OH is 1. The summed E-state index contributed by atoms with van der Waals surface area (Å²) in [5.41, 5.74) is 1.88. The maximum absolute atomic E-state index is 13.2. The second-order valence-corrected chi connectivity index (χ2v) is 5.51. The first-order chi connectivity index (χ1) is 9.15. The van der Waals surface area contributed by atoms with Crippen molar-refractivity contribution < 1.29 is 9.50 Å². The second-order valence-electron chi connectivity index (χ2n) is 4.60. The second kappa shape index (κ2) is 6.83. The van der Waals surface area contributed by atoms with E-state index in [1.54, 1.807) is 6.07 Å². The molecule has 1 N–H and O–H groups in total. The normalized spacial score (nSPS) is 12.4. The Bertz CT molecular complexity index is 507.